The van der Waals surface area contributed by atoms with Crippen molar-refractivity contribution < 1.29 is 0 Å². The van der Waals surface area contributed by atoms with E-state index >= 15 is 0 Å². The fourth-order valence-corrected chi connectivity index (χ4v) is 1.88. The van der Waals surface area contributed by atoms with Crippen LogP contribution in [-0.2, 0) is 6.54 Å². The van der Waals surface area contributed by atoms with Gasteiger partial charge in [-0.15, -0.1) is 0 Å². The van der Waals surface area contributed by atoms with Crippen LogP contribution >= 0.6 is 0 Å². The molecule has 1 aromatic rings. The first-order chi connectivity index (χ1) is 7.79. The van der Waals surface area contributed by atoms with Gasteiger partial charge in [0.2, 0.25) is 5.95 Å². The molecule has 0 unspecified atom stereocenters. The number of hydrogen-bond donors (Lipinski definition) is 2. The molecule has 1 aliphatic rings. The molecule has 1 aliphatic heterocycles. The number of aromatic nitrogens is 2. The third-order valence-corrected chi connectivity index (χ3v) is 2.98. The molecule has 90 valence electrons. The molecule has 1 fully saturated rings. The van der Waals surface area contributed by atoms with Gasteiger partial charge in [0.15, 0.2) is 0 Å². The molecule has 1 saturated heterocycles. The van der Waals surface area contributed by atoms with Gasteiger partial charge in [0, 0.05) is 32.7 Å². The number of nitrogens with zero attached hydrogens (tertiary/aromatic N) is 3. The molecule has 0 saturated carbocycles. The molecule has 0 aliphatic carbocycles. The summed E-state index contributed by atoms with van der Waals surface area (Å²) < 4.78 is 0. The predicted octanol–water partition coefficient (Wildman–Crippen LogP) is 0.271. The van der Waals surface area contributed by atoms with Crippen molar-refractivity contribution >= 4 is 5.95 Å². The number of hydrogen-bond acceptors (Lipinski definition) is 4. The van der Waals surface area contributed by atoms with Crippen LogP contribution in [-0.4, -0.2) is 54.6 Å². The summed E-state index contributed by atoms with van der Waals surface area (Å²) in [5, 5.41) is 3.29. The van der Waals surface area contributed by atoms with Gasteiger partial charge in [-0.1, -0.05) is 6.92 Å². The second-order valence-corrected chi connectivity index (χ2v) is 4.30. The normalized spacial score (nSPS) is 18.0. The van der Waals surface area contributed by atoms with Crippen molar-refractivity contribution in [2.75, 3.05) is 44.7 Å². The number of H-pyrrole nitrogens is 1. The second-order valence-electron chi connectivity index (χ2n) is 4.30. The van der Waals surface area contributed by atoms with E-state index in [0.717, 1.165) is 50.9 Å². The second kappa shape index (κ2) is 5.32. The van der Waals surface area contributed by atoms with Crippen LogP contribution in [0.2, 0.25) is 0 Å². The van der Waals surface area contributed by atoms with Crippen molar-refractivity contribution in [1.82, 2.24) is 20.2 Å². The quantitative estimate of drug-likeness (QED) is 0.769. The molecule has 16 heavy (non-hydrogen) atoms. The van der Waals surface area contributed by atoms with Crippen LogP contribution < -0.4 is 10.2 Å². The summed E-state index contributed by atoms with van der Waals surface area (Å²) in [6.45, 7) is 8.32. The van der Waals surface area contributed by atoms with Gasteiger partial charge in [-0.3, -0.25) is 0 Å². The molecule has 2 heterocycles. The molecule has 0 radical (unpaired) electrons. The summed E-state index contributed by atoms with van der Waals surface area (Å²) >= 11 is 0. The lowest BCUT2D eigenvalue weighted by atomic mass is 10.3. The van der Waals surface area contributed by atoms with Crippen LogP contribution in [0.3, 0.4) is 0 Å². The zero-order valence-corrected chi connectivity index (χ0v) is 10.2. The van der Waals surface area contributed by atoms with E-state index in [1.807, 2.05) is 6.20 Å². The first kappa shape index (κ1) is 11.4. The van der Waals surface area contributed by atoms with Crippen LogP contribution in [0, 0.1) is 0 Å². The van der Waals surface area contributed by atoms with E-state index in [1.165, 1.54) is 0 Å². The Kier molecular flexibility index (Phi) is 3.79. The largest absolute Gasteiger partial charge is 0.340 e. The Morgan fingerprint density at radius 1 is 1.38 bits per heavy atom. The number of imidazole rings is 1. The lowest BCUT2D eigenvalue weighted by molar-refractivity contribution is 0.311. The van der Waals surface area contributed by atoms with Crippen LogP contribution in [0.1, 0.15) is 12.6 Å². The summed E-state index contributed by atoms with van der Waals surface area (Å²) in [5.41, 5.74) is 1.16. The Morgan fingerprint density at radius 3 is 2.81 bits per heavy atom. The highest BCUT2D eigenvalue weighted by Crippen LogP contribution is 2.11. The molecule has 0 bridgehead atoms. The minimum Gasteiger partial charge on any atom is -0.340 e. The summed E-state index contributed by atoms with van der Waals surface area (Å²) in [5.74, 6) is 1.01. The maximum atomic E-state index is 4.43. The Balaban J connectivity index is 1.91. The highest BCUT2D eigenvalue weighted by atomic mass is 15.3. The molecular formula is C11H21N5. The van der Waals surface area contributed by atoms with E-state index in [9.17, 15) is 0 Å². The molecule has 5 nitrogen and oxygen atoms in total. The molecule has 0 spiro atoms. The smallest absolute Gasteiger partial charge is 0.203 e. The number of likely N-dealkylation sites (N-methyl/N-ethyl adjacent to an activating group) is 1. The fraction of sp³-hybridized carbons (Fsp3) is 0.727. The van der Waals surface area contributed by atoms with Crippen LogP contribution in [0.4, 0.5) is 5.95 Å². The Morgan fingerprint density at radius 2 is 2.12 bits per heavy atom. The summed E-state index contributed by atoms with van der Waals surface area (Å²) in [7, 11) is 2.16. The Labute approximate surface area is 96.8 Å². The van der Waals surface area contributed by atoms with E-state index < -0.39 is 0 Å². The third kappa shape index (κ3) is 2.74. The van der Waals surface area contributed by atoms with Gasteiger partial charge in [-0.25, -0.2) is 4.98 Å². The monoisotopic (exact) mass is 223 g/mol. The summed E-state index contributed by atoms with van der Waals surface area (Å²) in [6.07, 6.45) is 1.93. The number of anilines is 1. The SMILES string of the molecule is CCNCc1cnc(N2CCN(C)CC2)[nH]1. The zero-order valence-electron chi connectivity index (χ0n) is 10.2. The van der Waals surface area contributed by atoms with E-state index in [2.05, 4.69) is 39.1 Å². The van der Waals surface area contributed by atoms with Gasteiger partial charge < -0.3 is 20.1 Å². The minimum absolute atomic E-state index is 0.872. The molecule has 1 aromatic heterocycles. The van der Waals surface area contributed by atoms with Crippen molar-refractivity contribution in [3.63, 3.8) is 0 Å². The van der Waals surface area contributed by atoms with Gasteiger partial charge >= 0.3 is 0 Å². The van der Waals surface area contributed by atoms with Gasteiger partial charge in [0.05, 0.1) is 11.9 Å². The molecule has 5 heteroatoms. The van der Waals surface area contributed by atoms with Crippen molar-refractivity contribution in [1.29, 1.82) is 0 Å². The van der Waals surface area contributed by atoms with Crippen LogP contribution in [0.15, 0.2) is 6.20 Å². The average molecular weight is 223 g/mol. The van der Waals surface area contributed by atoms with Gasteiger partial charge in [0.1, 0.15) is 0 Å². The first-order valence-corrected chi connectivity index (χ1v) is 5.97. The predicted molar refractivity (Wildman–Crippen MR) is 65.7 cm³/mol. The first-order valence-electron chi connectivity index (χ1n) is 5.97. The highest BCUT2D eigenvalue weighted by Gasteiger charge is 2.16. The molecule has 2 N–H and O–H groups in total. The lowest BCUT2D eigenvalue weighted by Crippen LogP contribution is -2.44. The van der Waals surface area contributed by atoms with Crippen molar-refractivity contribution in [2.24, 2.45) is 0 Å². The van der Waals surface area contributed by atoms with Crippen molar-refractivity contribution in [3.05, 3.63) is 11.9 Å². The van der Waals surface area contributed by atoms with Gasteiger partial charge in [-0.05, 0) is 13.6 Å². The average Bonchev–Trinajstić information content (AvgIpc) is 2.76. The fourth-order valence-electron chi connectivity index (χ4n) is 1.88. The lowest BCUT2D eigenvalue weighted by Gasteiger charge is -2.32. The van der Waals surface area contributed by atoms with Gasteiger partial charge in [0.25, 0.3) is 0 Å². The van der Waals surface area contributed by atoms with Gasteiger partial charge in [-0.2, -0.15) is 0 Å². The van der Waals surface area contributed by atoms with E-state index in [-0.39, 0.29) is 0 Å². The zero-order chi connectivity index (χ0) is 11.4. The van der Waals surface area contributed by atoms with Crippen molar-refractivity contribution in [3.8, 4) is 0 Å². The number of aromatic amines is 1. The Bertz CT molecular complexity index is 314. The topological polar surface area (TPSA) is 47.2 Å². The maximum Gasteiger partial charge on any atom is 0.203 e. The van der Waals surface area contributed by atoms with Crippen molar-refractivity contribution in [2.45, 2.75) is 13.5 Å². The number of piperazine rings is 1. The molecule has 0 aromatic carbocycles. The Hall–Kier alpha value is -1.07. The number of rotatable bonds is 4. The number of nitrogens with one attached hydrogen (secondary N) is 2. The minimum atomic E-state index is 0.872. The summed E-state index contributed by atoms with van der Waals surface area (Å²) in [6, 6.07) is 0. The van der Waals surface area contributed by atoms with E-state index in [0.29, 0.717) is 0 Å². The third-order valence-electron chi connectivity index (χ3n) is 2.98. The molecule has 0 atom stereocenters. The standard InChI is InChI=1S/C11H21N5/c1-3-12-8-10-9-13-11(14-10)16-6-4-15(2)5-7-16/h9,12H,3-8H2,1-2H3,(H,13,14). The maximum absolute atomic E-state index is 4.43. The van der Waals surface area contributed by atoms with E-state index in [4.69, 9.17) is 0 Å². The highest BCUT2D eigenvalue weighted by molar-refractivity contribution is 5.32. The molecule has 0 amide bonds. The molecule has 2 rings (SSSR count). The van der Waals surface area contributed by atoms with E-state index in [1.54, 1.807) is 0 Å². The summed E-state index contributed by atoms with van der Waals surface area (Å²) in [4.78, 5) is 12.5. The van der Waals surface area contributed by atoms with Crippen LogP contribution in [0.25, 0.3) is 0 Å². The van der Waals surface area contributed by atoms with Crippen LogP contribution in [0.5, 0.6) is 0 Å². The molecular weight excluding hydrogens is 202 g/mol.